The number of nitrogens with zero attached hydrogens (tertiary/aromatic N) is 2. The zero-order valence-electron chi connectivity index (χ0n) is 13.5. The van der Waals surface area contributed by atoms with Gasteiger partial charge >= 0.3 is 0 Å². The average molecular weight is 279 g/mol. The topological polar surface area (TPSA) is 48.4 Å². The Morgan fingerprint density at radius 3 is 2.45 bits per heavy atom. The summed E-state index contributed by atoms with van der Waals surface area (Å²) in [5.74, 6) is 0.962. The van der Waals surface area contributed by atoms with Crippen LogP contribution in [0.2, 0.25) is 0 Å². The number of hydrogen-bond acceptors (Lipinski definition) is 4. The SMILES string of the molecule is CCC(CC)C(CNCc1nc(C)ccc1O)N(C)C. The van der Waals surface area contributed by atoms with Gasteiger partial charge < -0.3 is 15.3 Å². The van der Waals surface area contributed by atoms with Crippen LogP contribution in [0.4, 0.5) is 0 Å². The van der Waals surface area contributed by atoms with Gasteiger partial charge in [0.15, 0.2) is 0 Å². The van der Waals surface area contributed by atoms with Crippen LogP contribution in [0.5, 0.6) is 5.75 Å². The number of aromatic hydroxyl groups is 1. The second-order valence-corrected chi connectivity index (χ2v) is 5.66. The van der Waals surface area contributed by atoms with Crippen LogP contribution in [-0.2, 0) is 6.54 Å². The summed E-state index contributed by atoms with van der Waals surface area (Å²) in [6, 6.07) is 4.05. The van der Waals surface area contributed by atoms with Crippen molar-refractivity contribution in [2.45, 2.75) is 46.2 Å². The Labute approximate surface area is 123 Å². The molecule has 1 heterocycles. The summed E-state index contributed by atoms with van der Waals surface area (Å²) in [7, 11) is 4.26. The first-order valence-corrected chi connectivity index (χ1v) is 7.52. The van der Waals surface area contributed by atoms with Crippen molar-refractivity contribution in [2.24, 2.45) is 5.92 Å². The van der Waals surface area contributed by atoms with Crippen LogP contribution < -0.4 is 5.32 Å². The first kappa shape index (κ1) is 16.9. The third kappa shape index (κ3) is 4.76. The molecule has 0 aliphatic heterocycles. The predicted octanol–water partition coefficient (Wildman–Crippen LogP) is 2.55. The summed E-state index contributed by atoms with van der Waals surface area (Å²) >= 11 is 0. The van der Waals surface area contributed by atoms with E-state index in [2.05, 4.69) is 43.1 Å². The fraction of sp³-hybridized carbons (Fsp3) is 0.688. The molecule has 0 bridgehead atoms. The molecule has 0 spiro atoms. The van der Waals surface area contributed by atoms with Crippen LogP contribution in [0.1, 0.15) is 38.1 Å². The summed E-state index contributed by atoms with van der Waals surface area (Å²) in [5.41, 5.74) is 1.66. The van der Waals surface area contributed by atoms with Gasteiger partial charge in [-0.25, -0.2) is 0 Å². The first-order valence-electron chi connectivity index (χ1n) is 7.52. The quantitative estimate of drug-likeness (QED) is 0.768. The standard InChI is InChI=1S/C16H29N3O/c1-6-13(7-2)15(19(4)5)11-17-10-14-16(20)9-8-12(3)18-14/h8-9,13,15,17,20H,6-7,10-11H2,1-5H3. The van der Waals surface area contributed by atoms with Crippen LogP contribution >= 0.6 is 0 Å². The van der Waals surface area contributed by atoms with Gasteiger partial charge in [-0.15, -0.1) is 0 Å². The lowest BCUT2D eigenvalue weighted by atomic mass is 9.93. The fourth-order valence-corrected chi connectivity index (χ4v) is 2.68. The lowest BCUT2D eigenvalue weighted by molar-refractivity contribution is 0.193. The largest absolute Gasteiger partial charge is 0.506 e. The van der Waals surface area contributed by atoms with Gasteiger partial charge in [0.25, 0.3) is 0 Å². The molecule has 4 nitrogen and oxygen atoms in total. The van der Waals surface area contributed by atoms with E-state index in [1.165, 1.54) is 12.8 Å². The molecular formula is C16H29N3O. The summed E-state index contributed by atoms with van der Waals surface area (Å²) in [5, 5.41) is 13.2. The molecule has 0 saturated carbocycles. The van der Waals surface area contributed by atoms with E-state index in [0.29, 0.717) is 18.5 Å². The molecule has 1 aromatic rings. The van der Waals surface area contributed by atoms with Gasteiger partial charge in [0.2, 0.25) is 0 Å². The Morgan fingerprint density at radius 2 is 1.90 bits per heavy atom. The third-order valence-electron chi connectivity index (χ3n) is 3.99. The highest BCUT2D eigenvalue weighted by Gasteiger charge is 2.20. The number of aryl methyl sites for hydroxylation is 1. The van der Waals surface area contributed by atoms with Gasteiger partial charge in [-0.05, 0) is 39.1 Å². The van der Waals surface area contributed by atoms with E-state index in [1.54, 1.807) is 6.07 Å². The summed E-state index contributed by atoms with van der Waals surface area (Å²) < 4.78 is 0. The van der Waals surface area contributed by atoms with Crippen LogP contribution in [-0.4, -0.2) is 41.7 Å². The summed E-state index contributed by atoms with van der Waals surface area (Å²) in [6.07, 6.45) is 2.38. The number of likely N-dealkylation sites (N-methyl/N-ethyl adjacent to an activating group) is 1. The Morgan fingerprint density at radius 1 is 1.25 bits per heavy atom. The number of nitrogens with one attached hydrogen (secondary N) is 1. The van der Waals surface area contributed by atoms with E-state index in [1.807, 2.05) is 13.0 Å². The lowest BCUT2D eigenvalue weighted by Gasteiger charge is -2.31. The zero-order valence-corrected chi connectivity index (χ0v) is 13.5. The van der Waals surface area contributed by atoms with Crippen LogP contribution in [0, 0.1) is 12.8 Å². The molecule has 1 rings (SSSR count). The maximum Gasteiger partial charge on any atom is 0.138 e. The smallest absolute Gasteiger partial charge is 0.138 e. The summed E-state index contributed by atoms with van der Waals surface area (Å²) in [4.78, 5) is 6.66. The fourth-order valence-electron chi connectivity index (χ4n) is 2.68. The van der Waals surface area contributed by atoms with Gasteiger partial charge in [-0.2, -0.15) is 0 Å². The Kier molecular flexibility index (Phi) is 6.96. The molecule has 0 fully saturated rings. The van der Waals surface area contributed by atoms with E-state index in [4.69, 9.17) is 0 Å². The Balaban J connectivity index is 2.58. The van der Waals surface area contributed by atoms with Gasteiger partial charge in [0.05, 0.1) is 5.69 Å². The van der Waals surface area contributed by atoms with Gasteiger partial charge in [-0.1, -0.05) is 26.7 Å². The molecule has 114 valence electrons. The molecule has 20 heavy (non-hydrogen) atoms. The van der Waals surface area contributed by atoms with Crippen molar-refractivity contribution in [2.75, 3.05) is 20.6 Å². The molecule has 0 radical (unpaired) electrons. The van der Waals surface area contributed by atoms with Crippen molar-refractivity contribution in [3.8, 4) is 5.75 Å². The molecule has 0 aliphatic carbocycles. The average Bonchev–Trinajstić information content (AvgIpc) is 2.41. The number of aromatic nitrogens is 1. The van der Waals surface area contributed by atoms with Crippen LogP contribution in [0.25, 0.3) is 0 Å². The zero-order chi connectivity index (χ0) is 15.1. The molecule has 4 heteroatoms. The molecule has 0 saturated heterocycles. The predicted molar refractivity (Wildman–Crippen MR) is 83.9 cm³/mol. The molecule has 0 amide bonds. The first-order chi connectivity index (χ1) is 9.49. The lowest BCUT2D eigenvalue weighted by Crippen LogP contribution is -2.42. The van der Waals surface area contributed by atoms with Crippen molar-refractivity contribution < 1.29 is 5.11 Å². The van der Waals surface area contributed by atoms with Crippen molar-refractivity contribution in [3.05, 3.63) is 23.5 Å². The van der Waals surface area contributed by atoms with Gasteiger partial charge in [-0.3, -0.25) is 4.98 Å². The van der Waals surface area contributed by atoms with Crippen molar-refractivity contribution in [3.63, 3.8) is 0 Å². The molecule has 0 aliphatic rings. The minimum Gasteiger partial charge on any atom is -0.506 e. The molecular weight excluding hydrogens is 250 g/mol. The minimum absolute atomic E-state index is 0.270. The van der Waals surface area contributed by atoms with Gasteiger partial charge in [0, 0.05) is 24.8 Å². The minimum atomic E-state index is 0.270. The third-order valence-corrected chi connectivity index (χ3v) is 3.99. The van der Waals surface area contributed by atoms with Crippen molar-refractivity contribution in [1.82, 2.24) is 15.2 Å². The Hall–Kier alpha value is -1.13. The molecule has 0 aromatic carbocycles. The second kappa shape index (κ2) is 8.22. The highest BCUT2D eigenvalue weighted by Crippen LogP contribution is 2.17. The maximum absolute atomic E-state index is 9.80. The van der Waals surface area contributed by atoms with Crippen LogP contribution in [0.3, 0.4) is 0 Å². The van der Waals surface area contributed by atoms with Crippen molar-refractivity contribution >= 4 is 0 Å². The highest BCUT2D eigenvalue weighted by molar-refractivity contribution is 5.27. The van der Waals surface area contributed by atoms with E-state index in [0.717, 1.165) is 17.9 Å². The monoisotopic (exact) mass is 279 g/mol. The van der Waals surface area contributed by atoms with E-state index >= 15 is 0 Å². The molecule has 1 atom stereocenters. The van der Waals surface area contributed by atoms with E-state index in [9.17, 15) is 5.11 Å². The number of hydrogen-bond donors (Lipinski definition) is 2. The molecule has 2 N–H and O–H groups in total. The Bertz CT molecular complexity index is 403. The second-order valence-electron chi connectivity index (χ2n) is 5.66. The molecule has 1 unspecified atom stereocenters. The van der Waals surface area contributed by atoms with Gasteiger partial charge in [0.1, 0.15) is 5.75 Å². The maximum atomic E-state index is 9.80. The molecule has 1 aromatic heterocycles. The highest BCUT2D eigenvalue weighted by atomic mass is 16.3. The van der Waals surface area contributed by atoms with E-state index < -0.39 is 0 Å². The van der Waals surface area contributed by atoms with E-state index in [-0.39, 0.29) is 5.75 Å². The summed E-state index contributed by atoms with van der Waals surface area (Å²) in [6.45, 7) is 7.96. The van der Waals surface area contributed by atoms with Crippen molar-refractivity contribution in [1.29, 1.82) is 0 Å². The van der Waals surface area contributed by atoms with Crippen LogP contribution in [0.15, 0.2) is 12.1 Å². The number of rotatable bonds is 8. The normalized spacial score (nSPS) is 13.2. The number of pyridine rings is 1.